The molecule has 0 aliphatic carbocycles. The Balaban J connectivity index is 2.26. The summed E-state index contributed by atoms with van der Waals surface area (Å²) in [5.74, 6) is 0.731. The van der Waals surface area contributed by atoms with Crippen molar-refractivity contribution in [2.24, 2.45) is 0 Å². The number of pyridine rings is 1. The number of aromatic nitrogens is 1. The van der Waals surface area contributed by atoms with E-state index in [1.54, 1.807) is 25.4 Å². The number of halogens is 2. The zero-order valence-electron chi connectivity index (χ0n) is 10.3. The lowest BCUT2D eigenvalue weighted by molar-refractivity contribution is 0.172. The predicted octanol–water partition coefficient (Wildman–Crippen LogP) is 3.78. The first-order valence-electron chi connectivity index (χ1n) is 5.72. The first-order valence-corrected chi connectivity index (χ1v) is 6.90. The van der Waals surface area contributed by atoms with Crippen molar-refractivity contribution in [3.63, 3.8) is 0 Å². The Morgan fingerprint density at radius 1 is 1.42 bits per heavy atom. The molecule has 0 saturated heterocycles. The van der Waals surface area contributed by atoms with E-state index in [1.807, 2.05) is 18.2 Å². The molecule has 2 rings (SSSR count). The molecule has 1 aromatic carbocycles. The maximum atomic E-state index is 10.2. The fourth-order valence-electron chi connectivity index (χ4n) is 1.85. The molecule has 0 saturated carbocycles. The van der Waals surface area contributed by atoms with E-state index in [4.69, 9.17) is 16.3 Å². The Morgan fingerprint density at radius 2 is 2.21 bits per heavy atom. The lowest BCUT2D eigenvalue weighted by atomic mass is 10.0. The van der Waals surface area contributed by atoms with Gasteiger partial charge in [0, 0.05) is 17.1 Å². The molecular weight excluding hydrogens is 330 g/mol. The van der Waals surface area contributed by atoms with Crippen LogP contribution >= 0.6 is 27.5 Å². The summed E-state index contributed by atoms with van der Waals surface area (Å²) in [6.45, 7) is 0. The average Bonchev–Trinajstić information content (AvgIpc) is 2.39. The van der Waals surface area contributed by atoms with Crippen LogP contribution in [0, 0.1) is 0 Å². The van der Waals surface area contributed by atoms with E-state index in [0.29, 0.717) is 17.1 Å². The number of ether oxygens (including phenoxy) is 1. The van der Waals surface area contributed by atoms with Crippen molar-refractivity contribution in [3.8, 4) is 5.75 Å². The van der Waals surface area contributed by atoms with Gasteiger partial charge in [0.05, 0.1) is 17.8 Å². The summed E-state index contributed by atoms with van der Waals surface area (Å²) in [6.07, 6.45) is 1.24. The van der Waals surface area contributed by atoms with Crippen LogP contribution in [-0.4, -0.2) is 17.2 Å². The van der Waals surface area contributed by atoms with Gasteiger partial charge in [-0.1, -0.05) is 27.5 Å². The van der Waals surface area contributed by atoms with Gasteiger partial charge in [0.15, 0.2) is 0 Å². The fraction of sp³-hybridized carbons (Fsp3) is 0.214. The summed E-state index contributed by atoms with van der Waals surface area (Å²) in [4.78, 5) is 4.12. The number of rotatable bonds is 4. The second kappa shape index (κ2) is 6.37. The molecule has 0 spiro atoms. The first-order chi connectivity index (χ1) is 9.11. The van der Waals surface area contributed by atoms with Crippen LogP contribution in [0.4, 0.5) is 0 Å². The van der Waals surface area contributed by atoms with Gasteiger partial charge in [-0.15, -0.1) is 0 Å². The molecule has 100 valence electrons. The van der Waals surface area contributed by atoms with Crippen LogP contribution in [0.25, 0.3) is 0 Å². The van der Waals surface area contributed by atoms with Crippen molar-refractivity contribution in [3.05, 3.63) is 57.3 Å². The van der Waals surface area contributed by atoms with Gasteiger partial charge in [0.1, 0.15) is 11.9 Å². The molecule has 1 unspecified atom stereocenters. The SMILES string of the molecule is COc1ccc(Br)cc1CC(O)c1ncccc1Cl. The number of nitrogens with zero attached hydrogens (tertiary/aromatic N) is 1. The molecule has 1 N–H and O–H groups in total. The highest BCUT2D eigenvalue weighted by Gasteiger charge is 2.16. The third-order valence-corrected chi connectivity index (χ3v) is 3.57. The van der Waals surface area contributed by atoms with Crippen LogP contribution in [0.5, 0.6) is 5.75 Å². The van der Waals surface area contributed by atoms with Gasteiger partial charge in [-0.05, 0) is 35.9 Å². The van der Waals surface area contributed by atoms with Crippen molar-refractivity contribution < 1.29 is 9.84 Å². The fourth-order valence-corrected chi connectivity index (χ4v) is 2.51. The van der Waals surface area contributed by atoms with Crippen molar-refractivity contribution >= 4 is 27.5 Å². The number of methoxy groups -OCH3 is 1. The maximum absolute atomic E-state index is 10.2. The van der Waals surface area contributed by atoms with Gasteiger partial charge >= 0.3 is 0 Å². The predicted molar refractivity (Wildman–Crippen MR) is 78.6 cm³/mol. The summed E-state index contributed by atoms with van der Waals surface area (Å²) < 4.78 is 6.21. The number of aliphatic hydroxyl groups is 1. The summed E-state index contributed by atoms with van der Waals surface area (Å²) in [5.41, 5.74) is 1.37. The normalized spacial score (nSPS) is 12.2. The van der Waals surface area contributed by atoms with Crippen LogP contribution < -0.4 is 4.74 Å². The average molecular weight is 343 g/mol. The van der Waals surface area contributed by atoms with Crippen LogP contribution in [0.2, 0.25) is 5.02 Å². The van der Waals surface area contributed by atoms with E-state index < -0.39 is 6.10 Å². The number of hydrogen-bond donors (Lipinski definition) is 1. The van der Waals surface area contributed by atoms with E-state index in [0.717, 1.165) is 15.8 Å². The van der Waals surface area contributed by atoms with Crippen molar-refractivity contribution in [2.45, 2.75) is 12.5 Å². The molecule has 5 heteroatoms. The minimum atomic E-state index is -0.767. The van der Waals surface area contributed by atoms with E-state index >= 15 is 0 Å². The number of hydrogen-bond acceptors (Lipinski definition) is 3. The minimum absolute atomic E-state index is 0.388. The second-order valence-corrected chi connectivity index (χ2v) is 5.37. The van der Waals surface area contributed by atoms with E-state index in [2.05, 4.69) is 20.9 Å². The Labute approximate surface area is 125 Å². The first kappa shape index (κ1) is 14.3. The zero-order chi connectivity index (χ0) is 13.8. The van der Waals surface area contributed by atoms with E-state index in [-0.39, 0.29) is 0 Å². The monoisotopic (exact) mass is 341 g/mol. The highest BCUT2D eigenvalue weighted by atomic mass is 79.9. The van der Waals surface area contributed by atoms with Gasteiger partial charge < -0.3 is 9.84 Å². The summed E-state index contributed by atoms with van der Waals surface area (Å²) >= 11 is 9.43. The lowest BCUT2D eigenvalue weighted by Crippen LogP contribution is -2.06. The maximum Gasteiger partial charge on any atom is 0.122 e. The van der Waals surface area contributed by atoms with Gasteiger partial charge in [-0.2, -0.15) is 0 Å². The third kappa shape index (κ3) is 3.47. The van der Waals surface area contributed by atoms with E-state index in [9.17, 15) is 5.11 Å². The lowest BCUT2D eigenvalue weighted by Gasteiger charge is -2.14. The molecule has 2 aromatic rings. The Morgan fingerprint density at radius 3 is 2.89 bits per heavy atom. The molecule has 0 radical (unpaired) electrons. The van der Waals surface area contributed by atoms with Crippen molar-refractivity contribution in [2.75, 3.05) is 7.11 Å². The van der Waals surface area contributed by atoms with E-state index in [1.165, 1.54) is 0 Å². The van der Waals surface area contributed by atoms with Crippen molar-refractivity contribution in [1.29, 1.82) is 0 Å². The summed E-state index contributed by atoms with van der Waals surface area (Å²) in [7, 11) is 1.60. The molecule has 3 nitrogen and oxygen atoms in total. The van der Waals surface area contributed by atoms with Gasteiger partial charge in [0.2, 0.25) is 0 Å². The summed E-state index contributed by atoms with van der Waals surface area (Å²) in [5, 5.41) is 10.7. The minimum Gasteiger partial charge on any atom is -0.496 e. The Bertz CT molecular complexity index is 577. The zero-order valence-corrected chi connectivity index (χ0v) is 12.6. The number of benzene rings is 1. The molecule has 0 fully saturated rings. The molecule has 1 atom stereocenters. The van der Waals surface area contributed by atoms with Crippen LogP contribution in [0.15, 0.2) is 41.0 Å². The van der Waals surface area contributed by atoms with Gasteiger partial charge in [0.25, 0.3) is 0 Å². The van der Waals surface area contributed by atoms with Gasteiger partial charge in [-0.25, -0.2) is 0 Å². The van der Waals surface area contributed by atoms with Crippen LogP contribution in [0.1, 0.15) is 17.4 Å². The molecule has 0 aliphatic heterocycles. The standard InChI is InChI=1S/C14H13BrClNO2/c1-19-13-5-4-10(15)7-9(13)8-12(18)14-11(16)3-2-6-17-14/h2-7,12,18H,8H2,1H3. The highest BCUT2D eigenvalue weighted by molar-refractivity contribution is 9.10. The second-order valence-electron chi connectivity index (χ2n) is 4.05. The smallest absolute Gasteiger partial charge is 0.122 e. The topological polar surface area (TPSA) is 42.4 Å². The quantitative estimate of drug-likeness (QED) is 0.919. The molecule has 0 amide bonds. The largest absolute Gasteiger partial charge is 0.496 e. The molecular formula is C14H13BrClNO2. The van der Waals surface area contributed by atoms with Gasteiger partial charge in [-0.3, -0.25) is 4.98 Å². The highest BCUT2D eigenvalue weighted by Crippen LogP contribution is 2.29. The molecule has 0 bridgehead atoms. The van der Waals surface area contributed by atoms with Crippen molar-refractivity contribution in [1.82, 2.24) is 4.98 Å². The molecule has 1 heterocycles. The Hall–Kier alpha value is -1.10. The molecule has 1 aromatic heterocycles. The summed E-state index contributed by atoms with van der Waals surface area (Å²) in [6, 6.07) is 9.11. The van der Waals surface area contributed by atoms with Crippen LogP contribution in [0.3, 0.4) is 0 Å². The molecule has 0 aliphatic rings. The molecule has 19 heavy (non-hydrogen) atoms. The number of aliphatic hydroxyl groups excluding tert-OH is 1. The Kier molecular flexibility index (Phi) is 4.80. The third-order valence-electron chi connectivity index (χ3n) is 2.76. The van der Waals surface area contributed by atoms with Crippen LogP contribution in [-0.2, 0) is 6.42 Å².